The van der Waals surface area contributed by atoms with E-state index in [9.17, 15) is 27.4 Å². The van der Waals surface area contributed by atoms with Crippen LogP contribution in [0.15, 0.2) is 65.9 Å². The van der Waals surface area contributed by atoms with Gasteiger partial charge in [0, 0.05) is 5.57 Å². The number of nitrogens with zero attached hydrogens (tertiary/aromatic N) is 1. The van der Waals surface area contributed by atoms with Gasteiger partial charge in [-0.25, -0.2) is 13.2 Å². The normalized spacial score (nSPS) is 25.5. The third kappa shape index (κ3) is 5.41. The molecule has 206 valence electrons. The summed E-state index contributed by atoms with van der Waals surface area (Å²) in [6.07, 6.45) is 0.711. The zero-order valence-corrected chi connectivity index (χ0v) is 22.8. The van der Waals surface area contributed by atoms with Crippen LogP contribution in [0.2, 0.25) is 0 Å². The summed E-state index contributed by atoms with van der Waals surface area (Å²) < 4.78 is 49.5. The van der Waals surface area contributed by atoms with Gasteiger partial charge in [-0.1, -0.05) is 42.5 Å². The van der Waals surface area contributed by atoms with E-state index in [0.29, 0.717) is 17.7 Å². The van der Waals surface area contributed by atoms with Crippen molar-refractivity contribution in [2.24, 2.45) is 0 Å². The lowest BCUT2D eigenvalue weighted by atomic mass is 9.99. The molecular formula is C27H28N2O8S2. The van der Waals surface area contributed by atoms with Crippen LogP contribution in [0, 0.1) is 0 Å². The largest absolute Gasteiger partial charge is 0.614 e. The van der Waals surface area contributed by atoms with Gasteiger partial charge in [0.15, 0.2) is 15.9 Å². The molecule has 0 aliphatic carbocycles. The average Bonchev–Trinajstić information content (AvgIpc) is 3.29. The molecule has 2 amide bonds. The first-order valence-electron chi connectivity index (χ1n) is 12.5. The molecule has 1 N–H and O–H groups in total. The van der Waals surface area contributed by atoms with E-state index in [0.717, 1.165) is 10.5 Å². The molecule has 0 bridgehead atoms. The standard InChI is InChI=1S/C27H28N2O8S2/c1-36-19-11-9-18(10-12-19)15-37-27(32)24-20(21-8-5-13-39(21,34)35)16-38(33)26-23(25(31)29(24)26)28-22(30)14-17-6-3-2-4-7-17/h2-4,6-7,9-12,21,23,26H,5,8,13-16H2,1H3,(H,28,30)/t21?,23-,26-,38?/m1/s1. The van der Waals surface area contributed by atoms with Crippen LogP contribution in [0.5, 0.6) is 5.75 Å². The van der Waals surface area contributed by atoms with Crippen molar-refractivity contribution in [1.29, 1.82) is 0 Å². The van der Waals surface area contributed by atoms with Crippen LogP contribution in [0.3, 0.4) is 0 Å². The first-order valence-corrected chi connectivity index (χ1v) is 15.6. The maximum Gasteiger partial charge on any atom is 0.355 e. The molecular weight excluding hydrogens is 544 g/mol. The summed E-state index contributed by atoms with van der Waals surface area (Å²) in [4.78, 5) is 40.4. The van der Waals surface area contributed by atoms with E-state index in [-0.39, 0.29) is 42.2 Å². The van der Waals surface area contributed by atoms with E-state index in [1.807, 2.05) is 6.07 Å². The Balaban J connectivity index is 1.39. The van der Waals surface area contributed by atoms with Gasteiger partial charge in [0.1, 0.15) is 23.8 Å². The molecule has 2 aromatic carbocycles. The third-order valence-corrected chi connectivity index (χ3v) is 11.0. The molecule has 2 fully saturated rings. The van der Waals surface area contributed by atoms with Crippen LogP contribution in [0.25, 0.3) is 0 Å². The smallest absolute Gasteiger partial charge is 0.355 e. The van der Waals surface area contributed by atoms with Crippen LogP contribution in [-0.4, -0.2) is 70.9 Å². The van der Waals surface area contributed by atoms with E-state index in [1.165, 1.54) is 7.11 Å². The number of carbonyl (C=O) groups is 3. The lowest BCUT2D eigenvalue weighted by Gasteiger charge is -2.49. The Bertz CT molecular complexity index is 1410. The molecule has 5 rings (SSSR count). The second-order valence-corrected chi connectivity index (χ2v) is 13.5. The van der Waals surface area contributed by atoms with Crippen molar-refractivity contribution in [3.8, 4) is 5.75 Å². The fourth-order valence-electron chi connectivity index (χ4n) is 5.17. The molecule has 3 aliphatic heterocycles. The third-order valence-electron chi connectivity index (χ3n) is 7.12. The number of nitrogens with one attached hydrogen (secondary N) is 1. The second kappa shape index (κ2) is 11.0. The van der Waals surface area contributed by atoms with Gasteiger partial charge in [-0.3, -0.25) is 14.5 Å². The van der Waals surface area contributed by atoms with Crippen LogP contribution >= 0.6 is 0 Å². The SMILES string of the molecule is COc1ccc(COC(=O)C2=C(C3CCCS3(=O)=O)C[S+]([O-])[C@@H]3[C@H](NC(=O)Cc4ccccc4)C(=O)N23)cc1. The van der Waals surface area contributed by atoms with Crippen molar-refractivity contribution in [1.82, 2.24) is 10.2 Å². The highest BCUT2D eigenvalue weighted by Gasteiger charge is 2.62. The van der Waals surface area contributed by atoms with E-state index < -0.39 is 55.5 Å². The van der Waals surface area contributed by atoms with Gasteiger partial charge in [-0.2, -0.15) is 0 Å². The highest BCUT2D eigenvalue weighted by molar-refractivity contribution is 7.93. The van der Waals surface area contributed by atoms with Crippen LogP contribution in [0.1, 0.15) is 24.0 Å². The van der Waals surface area contributed by atoms with Crippen LogP contribution in [0.4, 0.5) is 0 Å². The van der Waals surface area contributed by atoms with E-state index in [1.54, 1.807) is 48.5 Å². The minimum Gasteiger partial charge on any atom is -0.614 e. The minimum absolute atomic E-state index is 0.0299. The van der Waals surface area contributed by atoms with Gasteiger partial charge in [-0.05, 0) is 47.3 Å². The number of carbonyl (C=O) groups excluding carboxylic acids is 3. The van der Waals surface area contributed by atoms with Crippen molar-refractivity contribution in [2.45, 2.75) is 42.5 Å². The summed E-state index contributed by atoms with van der Waals surface area (Å²) in [5.74, 6) is -1.53. The lowest BCUT2D eigenvalue weighted by molar-refractivity contribution is -0.153. The van der Waals surface area contributed by atoms with Gasteiger partial charge in [0.25, 0.3) is 5.91 Å². The Labute approximate surface area is 229 Å². The maximum atomic E-state index is 13.4. The van der Waals surface area contributed by atoms with E-state index in [4.69, 9.17) is 9.47 Å². The number of β-lactam (4-membered cyclic amide) rings is 1. The number of benzene rings is 2. The van der Waals surface area contributed by atoms with Gasteiger partial charge in [-0.15, -0.1) is 0 Å². The molecule has 12 heteroatoms. The van der Waals surface area contributed by atoms with Crippen molar-refractivity contribution in [2.75, 3.05) is 18.6 Å². The number of sulfone groups is 1. The predicted octanol–water partition coefficient (Wildman–Crippen LogP) is 1.23. The first-order chi connectivity index (χ1) is 18.7. The number of rotatable bonds is 8. The Morgan fingerprint density at radius 1 is 1.10 bits per heavy atom. The highest BCUT2D eigenvalue weighted by atomic mass is 32.2. The first kappa shape index (κ1) is 27.2. The molecule has 3 heterocycles. The number of esters is 1. The molecule has 2 unspecified atom stereocenters. The Morgan fingerprint density at radius 2 is 1.82 bits per heavy atom. The molecule has 0 aromatic heterocycles. The Kier molecular flexibility index (Phi) is 7.70. The van der Waals surface area contributed by atoms with Crippen molar-refractivity contribution >= 4 is 38.8 Å². The van der Waals surface area contributed by atoms with Gasteiger partial charge < -0.3 is 19.3 Å². The van der Waals surface area contributed by atoms with Crippen molar-refractivity contribution < 1.29 is 36.8 Å². The molecule has 0 radical (unpaired) electrons. The highest BCUT2D eigenvalue weighted by Crippen LogP contribution is 2.41. The zero-order chi connectivity index (χ0) is 27.7. The van der Waals surface area contributed by atoms with Crippen LogP contribution in [-0.2, 0) is 53.2 Å². The molecule has 4 atom stereocenters. The number of ether oxygens (including phenoxy) is 2. The Hall–Kier alpha value is -3.35. The monoisotopic (exact) mass is 572 g/mol. The summed E-state index contributed by atoms with van der Waals surface area (Å²) >= 11 is -1.74. The molecule has 39 heavy (non-hydrogen) atoms. The van der Waals surface area contributed by atoms with E-state index >= 15 is 0 Å². The fourth-order valence-corrected chi connectivity index (χ4v) is 9.03. The number of amides is 2. The quantitative estimate of drug-likeness (QED) is 0.283. The molecule has 3 aliphatic rings. The molecule has 10 nitrogen and oxygen atoms in total. The van der Waals surface area contributed by atoms with Crippen molar-refractivity contribution in [3.63, 3.8) is 0 Å². The van der Waals surface area contributed by atoms with Crippen molar-refractivity contribution in [3.05, 3.63) is 77.0 Å². The molecule has 2 saturated heterocycles. The summed E-state index contributed by atoms with van der Waals surface area (Å²) in [7, 11) is -2.04. The molecule has 0 spiro atoms. The van der Waals surface area contributed by atoms with E-state index in [2.05, 4.69) is 5.32 Å². The fraction of sp³-hybridized carbons (Fsp3) is 0.370. The number of fused-ring (bicyclic) bond motifs is 1. The number of hydrogen-bond acceptors (Lipinski definition) is 8. The van der Waals surface area contributed by atoms with Crippen LogP contribution < -0.4 is 10.1 Å². The maximum absolute atomic E-state index is 13.4. The summed E-state index contributed by atoms with van der Waals surface area (Å²) in [5, 5.41) is 0.644. The lowest BCUT2D eigenvalue weighted by Crippen LogP contribution is -2.75. The summed E-state index contributed by atoms with van der Waals surface area (Å²) in [5.41, 5.74) is 1.38. The predicted molar refractivity (Wildman–Crippen MR) is 142 cm³/mol. The van der Waals surface area contributed by atoms with Gasteiger partial charge in [0.2, 0.25) is 11.3 Å². The number of hydrogen-bond donors (Lipinski definition) is 1. The molecule has 0 saturated carbocycles. The van der Waals surface area contributed by atoms with Gasteiger partial charge in [0.05, 0.1) is 24.5 Å². The minimum atomic E-state index is -3.57. The zero-order valence-electron chi connectivity index (χ0n) is 21.2. The summed E-state index contributed by atoms with van der Waals surface area (Å²) in [6.45, 7) is -0.121. The molecule has 2 aromatic rings. The second-order valence-electron chi connectivity index (χ2n) is 9.63. The number of methoxy groups -OCH3 is 1. The Morgan fingerprint density at radius 3 is 2.46 bits per heavy atom. The topological polar surface area (TPSA) is 142 Å². The average molecular weight is 573 g/mol. The summed E-state index contributed by atoms with van der Waals surface area (Å²) in [6, 6.07) is 14.7. The van der Waals surface area contributed by atoms with Gasteiger partial charge >= 0.3 is 5.97 Å².